The maximum atomic E-state index is 12.9. The molecule has 1 aromatic rings. The lowest BCUT2D eigenvalue weighted by atomic mass is 9.75. The molecule has 0 aromatic heterocycles. The largest absolute Gasteiger partial charge is 0.511 e. The Morgan fingerprint density at radius 1 is 1.00 bits per heavy atom. The van der Waals surface area contributed by atoms with Crippen molar-refractivity contribution < 1.29 is 19.5 Å². The normalized spacial score (nSPS) is 18.5. The molecule has 6 nitrogen and oxygen atoms in total. The van der Waals surface area contributed by atoms with Crippen molar-refractivity contribution in [1.29, 1.82) is 0 Å². The lowest BCUT2D eigenvalue weighted by molar-refractivity contribution is -0.118. The SMILES string of the molecule is CCCCCCN=C(CCCN1C(=O)c2ccccc2C1=O)C1=C(O)CC(C)(C)CC1=O. The summed E-state index contributed by atoms with van der Waals surface area (Å²) in [4.78, 5) is 44.0. The Morgan fingerprint density at radius 2 is 1.66 bits per heavy atom. The first-order valence-electron chi connectivity index (χ1n) is 11.7. The number of benzene rings is 1. The zero-order chi connectivity index (χ0) is 23.3. The van der Waals surface area contributed by atoms with E-state index in [2.05, 4.69) is 6.92 Å². The van der Waals surface area contributed by atoms with Gasteiger partial charge in [0.15, 0.2) is 5.78 Å². The molecule has 32 heavy (non-hydrogen) atoms. The van der Waals surface area contributed by atoms with Crippen LogP contribution in [0.3, 0.4) is 0 Å². The molecule has 1 aliphatic heterocycles. The molecule has 0 fully saturated rings. The third kappa shape index (κ3) is 5.34. The summed E-state index contributed by atoms with van der Waals surface area (Å²) in [5, 5.41) is 10.7. The summed E-state index contributed by atoms with van der Waals surface area (Å²) in [7, 11) is 0. The second-order valence-corrected chi connectivity index (χ2v) is 9.56. The number of Topliss-reactive ketones (excluding diaryl/α,β-unsaturated/α-hetero) is 1. The topological polar surface area (TPSA) is 87.0 Å². The number of amides is 2. The number of rotatable bonds is 10. The zero-order valence-electron chi connectivity index (χ0n) is 19.4. The molecule has 2 amide bonds. The molecular weight excluding hydrogens is 404 g/mol. The van der Waals surface area contributed by atoms with Gasteiger partial charge in [-0.15, -0.1) is 0 Å². The van der Waals surface area contributed by atoms with Gasteiger partial charge in [0.25, 0.3) is 11.8 Å². The van der Waals surface area contributed by atoms with Crippen LogP contribution in [0, 0.1) is 5.41 Å². The number of carbonyl (C=O) groups is 3. The van der Waals surface area contributed by atoms with Gasteiger partial charge in [0.05, 0.1) is 16.7 Å². The van der Waals surface area contributed by atoms with E-state index in [0.29, 0.717) is 54.6 Å². The first kappa shape index (κ1) is 23.9. The van der Waals surface area contributed by atoms with Gasteiger partial charge >= 0.3 is 0 Å². The molecule has 1 aliphatic carbocycles. The molecule has 1 N–H and O–H groups in total. The predicted molar refractivity (Wildman–Crippen MR) is 125 cm³/mol. The first-order valence-corrected chi connectivity index (χ1v) is 11.7. The number of aliphatic imine (C=N–C) groups is 1. The Kier molecular flexibility index (Phi) is 7.64. The van der Waals surface area contributed by atoms with Crippen molar-refractivity contribution in [2.75, 3.05) is 13.1 Å². The van der Waals surface area contributed by atoms with Crippen molar-refractivity contribution >= 4 is 23.3 Å². The molecule has 0 atom stereocenters. The van der Waals surface area contributed by atoms with Crippen molar-refractivity contribution in [3.63, 3.8) is 0 Å². The lowest BCUT2D eigenvalue weighted by Gasteiger charge is -2.30. The molecule has 0 unspecified atom stereocenters. The van der Waals surface area contributed by atoms with Gasteiger partial charge in [-0.3, -0.25) is 24.3 Å². The second kappa shape index (κ2) is 10.2. The maximum Gasteiger partial charge on any atom is 0.261 e. The molecule has 3 rings (SSSR count). The van der Waals surface area contributed by atoms with Crippen molar-refractivity contribution in [1.82, 2.24) is 4.90 Å². The molecular formula is C26H34N2O4. The number of nitrogens with zero attached hydrogens (tertiary/aromatic N) is 2. The summed E-state index contributed by atoms with van der Waals surface area (Å²) in [5.74, 6) is -0.520. The van der Waals surface area contributed by atoms with Crippen LogP contribution in [0.1, 0.15) is 92.9 Å². The highest BCUT2D eigenvalue weighted by molar-refractivity contribution is 6.23. The average molecular weight is 439 g/mol. The van der Waals surface area contributed by atoms with Gasteiger partial charge in [-0.2, -0.15) is 0 Å². The molecule has 1 aromatic carbocycles. The monoisotopic (exact) mass is 438 g/mol. The van der Waals surface area contributed by atoms with E-state index in [-0.39, 0.29) is 35.3 Å². The van der Waals surface area contributed by atoms with Crippen molar-refractivity contribution in [3.05, 3.63) is 46.7 Å². The van der Waals surface area contributed by atoms with Crippen LogP contribution in [-0.4, -0.2) is 46.4 Å². The van der Waals surface area contributed by atoms with Crippen LogP contribution in [0.5, 0.6) is 0 Å². The van der Waals surface area contributed by atoms with Crippen molar-refractivity contribution in [3.8, 4) is 0 Å². The third-order valence-electron chi connectivity index (χ3n) is 6.13. The number of ketones is 1. The maximum absolute atomic E-state index is 12.9. The van der Waals surface area contributed by atoms with Gasteiger partial charge in [-0.1, -0.05) is 52.2 Å². The van der Waals surface area contributed by atoms with Gasteiger partial charge in [0.1, 0.15) is 5.76 Å². The van der Waals surface area contributed by atoms with Gasteiger partial charge < -0.3 is 5.11 Å². The molecule has 6 heteroatoms. The standard InChI is InChI=1S/C26H34N2O4/c1-4-5-6-9-14-27-20(23-21(29)16-26(2,3)17-22(23)30)13-10-15-28-24(31)18-11-7-8-12-19(18)25(28)32/h7-8,11-12,29H,4-6,9-10,13-17H2,1-3H3. The summed E-state index contributed by atoms with van der Waals surface area (Å²) in [6.45, 7) is 6.97. The molecule has 0 saturated carbocycles. The summed E-state index contributed by atoms with van der Waals surface area (Å²) in [5.41, 5.74) is 1.56. The Hall–Kier alpha value is -2.76. The number of hydrogen-bond acceptors (Lipinski definition) is 5. The fourth-order valence-corrected chi connectivity index (χ4v) is 4.50. The number of imide groups is 1. The van der Waals surface area contributed by atoms with Crippen molar-refractivity contribution in [2.45, 2.75) is 72.1 Å². The van der Waals surface area contributed by atoms with E-state index in [1.54, 1.807) is 24.3 Å². The molecule has 1 heterocycles. The van der Waals surface area contributed by atoms with Gasteiger partial charge in [0, 0.05) is 31.6 Å². The summed E-state index contributed by atoms with van der Waals surface area (Å²) in [6, 6.07) is 6.85. The minimum absolute atomic E-state index is 0.0770. The fraction of sp³-hybridized carbons (Fsp3) is 0.538. The zero-order valence-corrected chi connectivity index (χ0v) is 19.4. The highest BCUT2D eigenvalue weighted by Crippen LogP contribution is 2.36. The molecule has 0 saturated heterocycles. The highest BCUT2D eigenvalue weighted by Gasteiger charge is 2.36. The van der Waals surface area contributed by atoms with Gasteiger partial charge in [-0.25, -0.2) is 0 Å². The van der Waals surface area contributed by atoms with Gasteiger partial charge in [-0.05, 0) is 36.8 Å². The summed E-state index contributed by atoms with van der Waals surface area (Å²) < 4.78 is 0. The number of allylic oxidation sites excluding steroid dienone is 2. The Labute approximate surface area is 190 Å². The molecule has 172 valence electrons. The minimum Gasteiger partial charge on any atom is -0.511 e. The van der Waals surface area contributed by atoms with Crippen LogP contribution in [0.25, 0.3) is 0 Å². The Morgan fingerprint density at radius 3 is 2.25 bits per heavy atom. The third-order valence-corrected chi connectivity index (χ3v) is 6.13. The minimum atomic E-state index is -0.277. The number of aliphatic hydroxyl groups excluding tert-OH is 1. The number of fused-ring (bicyclic) bond motifs is 1. The number of carbonyl (C=O) groups excluding carboxylic acids is 3. The van der Waals surface area contributed by atoms with Gasteiger partial charge in [0.2, 0.25) is 0 Å². The fourth-order valence-electron chi connectivity index (χ4n) is 4.50. The lowest BCUT2D eigenvalue weighted by Crippen LogP contribution is -2.32. The second-order valence-electron chi connectivity index (χ2n) is 9.56. The quantitative estimate of drug-likeness (QED) is 0.306. The van der Waals surface area contributed by atoms with Crippen LogP contribution in [0.4, 0.5) is 0 Å². The predicted octanol–water partition coefficient (Wildman–Crippen LogP) is 5.29. The molecule has 0 bridgehead atoms. The number of unbranched alkanes of at least 4 members (excludes halogenated alkanes) is 3. The molecule has 2 aliphatic rings. The molecule has 0 radical (unpaired) electrons. The summed E-state index contributed by atoms with van der Waals surface area (Å²) in [6.07, 6.45) is 6.04. The highest BCUT2D eigenvalue weighted by atomic mass is 16.3. The van der Waals surface area contributed by atoms with E-state index in [9.17, 15) is 19.5 Å². The molecule has 0 spiro atoms. The smallest absolute Gasteiger partial charge is 0.261 e. The van der Waals surface area contributed by atoms with Crippen molar-refractivity contribution in [2.24, 2.45) is 10.4 Å². The van der Waals surface area contributed by atoms with E-state index in [1.807, 2.05) is 13.8 Å². The van der Waals surface area contributed by atoms with E-state index in [1.165, 1.54) is 4.90 Å². The van der Waals surface area contributed by atoms with E-state index < -0.39 is 0 Å². The Bertz CT molecular complexity index is 923. The van der Waals surface area contributed by atoms with Crippen LogP contribution < -0.4 is 0 Å². The summed E-state index contributed by atoms with van der Waals surface area (Å²) >= 11 is 0. The Balaban J connectivity index is 1.71. The van der Waals surface area contributed by atoms with E-state index >= 15 is 0 Å². The average Bonchev–Trinajstić information content (AvgIpc) is 2.97. The van der Waals surface area contributed by atoms with E-state index in [0.717, 1.165) is 25.7 Å². The van der Waals surface area contributed by atoms with Crippen LogP contribution in [0.2, 0.25) is 0 Å². The first-order chi connectivity index (χ1) is 15.2. The number of hydrogen-bond donors (Lipinski definition) is 1. The van der Waals surface area contributed by atoms with E-state index in [4.69, 9.17) is 4.99 Å². The van der Waals surface area contributed by atoms with Crippen LogP contribution in [0.15, 0.2) is 40.6 Å². The van der Waals surface area contributed by atoms with Crippen LogP contribution in [-0.2, 0) is 4.79 Å². The van der Waals surface area contributed by atoms with Crippen LogP contribution >= 0.6 is 0 Å². The number of aliphatic hydroxyl groups is 1.